The number of hydrogen-bond acceptors (Lipinski definition) is 13. The number of phosphoric acid groups is 2. The number of hydrogen-bond donors (Lipinski definition) is 2. The monoisotopic (exact) mass is 673 g/mol. The fourth-order valence-electron chi connectivity index (χ4n) is 4.01. The van der Waals surface area contributed by atoms with Gasteiger partial charge in [-0.3, -0.25) is 9.36 Å². The Balaban J connectivity index is -0.00000380. The average molecular weight is 673 g/mol. The van der Waals surface area contributed by atoms with Crippen LogP contribution in [-0.2, 0) is 27.7 Å². The van der Waals surface area contributed by atoms with Gasteiger partial charge in [0.1, 0.15) is 24.1 Å². The van der Waals surface area contributed by atoms with E-state index in [0.717, 1.165) is 25.5 Å². The molecule has 1 aromatic heterocycles. The average Bonchev–Trinajstić information content (AvgIpc) is 3.10. The molecule has 2 rings (SSSR count). The van der Waals surface area contributed by atoms with E-state index >= 15 is 0 Å². The van der Waals surface area contributed by atoms with E-state index < -0.39 is 52.5 Å². The largest absolute Gasteiger partial charge is 1.00 e. The second kappa shape index (κ2) is 24.6. The number of aliphatic hydroxyl groups excluding tert-OH is 1. The SMILES string of the molecule is CCCCCCCCCCCC(=O)Nc1ccn([C@@H]2O[C@H](COP(=O)([O-])[O-])[C@@H](OP(=O)([O-])[O-])[C@H]2O)c(=O)n1.[Na+].[Na+].[Na+].[Na+]. The number of aliphatic hydroxyl groups is 1. The van der Waals surface area contributed by atoms with E-state index in [1.807, 2.05) is 0 Å². The van der Waals surface area contributed by atoms with Crippen molar-refractivity contribution in [2.75, 3.05) is 11.9 Å². The van der Waals surface area contributed by atoms with E-state index in [0.29, 0.717) is 11.0 Å². The van der Waals surface area contributed by atoms with Crippen LogP contribution >= 0.6 is 15.6 Å². The summed E-state index contributed by atoms with van der Waals surface area (Å²) in [7, 11) is -11.2. The van der Waals surface area contributed by atoms with E-state index in [1.165, 1.54) is 38.2 Å². The second-order valence-corrected chi connectivity index (χ2v) is 11.2. The molecule has 1 aliphatic rings. The van der Waals surface area contributed by atoms with Gasteiger partial charge in [-0.05, 0) is 12.5 Å². The maximum absolute atomic E-state index is 12.5. The van der Waals surface area contributed by atoms with Crippen molar-refractivity contribution in [1.29, 1.82) is 0 Å². The van der Waals surface area contributed by atoms with Gasteiger partial charge in [-0.1, -0.05) is 58.3 Å². The fourth-order valence-corrected chi connectivity index (χ4v) is 4.89. The maximum atomic E-state index is 12.5. The van der Waals surface area contributed by atoms with E-state index in [-0.39, 0.29) is 136 Å². The Kier molecular flexibility index (Phi) is 28.6. The van der Waals surface area contributed by atoms with E-state index in [9.17, 15) is 43.4 Å². The molecule has 1 saturated heterocycles. The number of aromatic nitrogens is 2. The van der Waals surface area contributed by atoms with Crippen molar-refractivity contribution >= 4 is 27.4 Å². The zero-order valence-electron chi connectivity index (χ0n) is 25.0. The third-order valence-electron chi connectivity index (χ3n) is 5.84. The molecule has 21 heteroatoms. The molecule has 4 atom stereocenters. The quantitative estimate of drug-likeness (QED) is 0.0889. The minimum absolute atomic E-state index is 0. The van der Waals surface area contributed by atoms with E-state index in [4.69, 9.17) is 4.74 Å². The summed E-state index contributed by atoms with van der Waals surface area (Å²) in [6, 6.07) is 1.22. The first-order valence-electron chi connectivity index (χ1n) is 12.4. The molecule has 1 aliphatic heterocycles. The van der Waals surface area contributed by atoms with Crippen LogP contribution in [0.3, 0.4) is 0 Å². The van der Waals surface area contributed by atoms with Gasteiger partial charge in [0.05, 0.1) is 22.3 Å². The van der Waals surface area contributed by atoms with Gasteiger partial charge in [0.2, 0.25) is 5.91 Å². The van der Waals surface area contributed by atoms with Gasteiger partial charge in [-0.15, -0.1) is 0 Å². The van der Waals surface area contributed by atoms with Crippen molar-refractivity contribution in [3.8, 4) is 0 Å². The van der Waals surface area contributed by atoms with E-state index in [2.05, 4.69) is 26.3 Å². The zero-order valence-corrected chi connectivity index (χ0v) is 34.8. The minimum atomic E-state index is -5.70. The Labute approximate surface area is 333 Å². The molecule has 42 heavy (non-hydrogen) atoms. The van der Waals surface area contributed by atoms with E-state index in [1.54, 1.807) is 0 Å². The summed E-state index contributed by atoms with van der Waals surface area (Å²) in [5, 5.41) is 12.9. The first kappa shape index (κ1) is 48.9. The smallest absolute Gasteiger partial charge is 0.790 e. The summed E-state index contributed by atoms with van der Waals surface area (Å²) in [5.41, 5.74) is -1.03. The molecule has 1 amide bonds. The third kappa shape index (κ3) is 19.3. The normalized spacial score (nSPS) is 20.0. The van der Waals surface area contributed by atoms with Crippen LogP contribution in [0.15, 0.2) is 17.1 Å². The Bertz CT molecular complexity index is 1060. The molecular formula is C21H33N3Na4O12P2. The molecule has 0 aromatic carbocycles. The standard InChI is InChI=1S/C21H37N3O12P2.4Na/c1-2-3-4-5-6-7-8-9-10-11-17(25)22-16-12-13-24(21(27)23-16)20-18(26)19(36-38(31,32)33)15(35-20)14-34-37(28,29)30;;;;/h12-13,15,18-20,26H,2-11,14H2,1H3,(H2,28,29,30)(H2,31,32,33)(H,22,23,25,27);;;;/q;4*+1/p-4/t15-,18-,19-,20-;;;;/m1..../s1. The van der Waals surface area contributed by atoms with Gasteiger partial charge in [0.25, 0.3) is 0 Å². The number of nitrogens with zero attached hydrogens (tertiary/aromatic N) is 2. The predicted octanol–water partition coefficient (Wildman–Crippen LogP) is -12.6. The van der Waals surface area contributed by atoms with Crippen LogP contribution in [-0.4, -0.2) is 45.5 Å². The molecular weight excluding hydrogens is 640 g/mol. The van der Waals surface area contributed by atoms with Gasteiger partial charge in [-0.25, -0.2) is 4.79 Å². The molecule has 0 radical (unpaired) electrons. The number of carbonyl (C=O) groups is 1. The number of nitrogens with one attached hydrogen (secondary N) is 1. The predicted molar refractivity (Wildman–Crippen MR) is 125 cm³/mol. The first-order chi connectivity index (χ1) is 17.8. The Hall–Kier alpha value is 2.49. The minimum Gasteiger partial charge on any atom is -0.790 e. The molecule has 2 N–H and O–H groups in total. The summed E-state index contributed by atoms with van der Waals surface area (Å²) < 4.78 is 36.1. The third-order valence-corrected chi connectivity index (χ3v) is 6.80. The van der Waals surface area contributed by atoms with Gasteiger partial charge < -0.3 is 52.9 Å². The van der Waals surface area contributed by atoms with Crippen molar-refractivity contribution in [2.24, 2.45) is 0 Å². The molecule has 0 spiro atoms. The molecule has 2 heterocycles. The summed E-state index contributed by atoms with van der Waals surface area (Å²) >= 11 is 0. The number of anilines is 1. The molecule has 15 nitrogen and oxygen atoms in total. The van der Waals surface area contributed by atoms with Crippen LogP contribution in [0.5, 0.6) is 0 Å². The molecule has 0 aliphatic carbocycles. The van der Waals surface area contributed by atoms with Crippen molar-refractivity contribution in [2.45, 2.75) is 95.7 Å². The molecule has 0 bridgehead atoms. The Morgan fingerprint density at radius 1 is 1.00 bits per heavy atom. The molecule has 1 aromatic rings. The Morgan fingerprint density at radius 3 is 2.05 bits per heavy atom. The zero-order chi connectivity index (χ0) is 28.3. The van der Waals surface area contributed by atoms with Gasteiger partial charge in [0, 0.05) is 12.6 Å². The topological polar surface area (TPSA) is 238 Å². The second-order valence-electron chi connectivity index (χ2n) is 8.95. The van der Waals surface area contributed by atoms with Gasteiger partial charge in [0.15, 0.2) is 6.23 Å². The van der Waals surface area contributed by atoms with Crippen molar-refractivity contribution in [1.82, 2.24) is 9.55 Å². The number of carbonyl (C=O) groups excluding carboxylic acids is 1. The molecule has 0 unspecified atom stereocenters. The maximum Gasteiger partial charge on any atom is 1.00 e. The number of unbranched alkanes of at least 4 members (excludes halogenated alkanes) is 8. The summed E-state index contributed by atoms with van der Waals surface area (Å²) in [6.07, 6.45) is 3.79. The molecule has 0 saturated carbocycles. The molecule has 1 fully saturated rings. The van der Waals surface area contributed by atoms with Crippen molar-refractivity contribution in [3.63, 3.8) is 0 Å². The van der Waals surface area contributed by atoms with Crippen molar-refractivity contribution < 1.29 is 171 Å². The summed E-state index contributed by atoms with van der Waals surface area (Å²) in [5.74, 6) is -0.420. The van der Waals surface area contributed by atoms with Crippen LogP contribution in [0.2, 0.25) is 0 Å². The first-order valence-corrected chi connectivity index (χ1v) is 15.3. The van der Waals surface area contributed by atoms with Gasteiger partial charge >= 0.3 is 124 Å². The number of phosphoric ester groups is 2. The van der Waals surface area contributed by atoms with Gasteiger partial charge in [-0.2, -0.15) is 4.98 Å². The number of ether oxygens (including phenoxy) is 1. The van der Waals surface area contributed by atoms with Crippen molar-refractivity contribution in [3.05, 3.63) is 22.7 Å². The summed E-state index contributed by atoms with van der Waals surface area (Å²) in [4.78, 5) is 72.0. The Morgan fingerprint density at radius 2 is 1.55 bits per heavy atom. The van der Waals surface area contributed by atoms with Crippen LogP contribution in [0, 0.1) is 0 Å². The molecule has 218 valence electrons. The van der Waals surface area contributed by atoms with Crippen LogP contribution < -0.4 is 149 Å². The van der Waals surface area contributed by atoms with Crippen LogP contribution in [0.25, 0.3) is 0 Å². The fraction of sp³-hybridized carbons (Fsp3) is 0.762. The summed E-state index contributed by atoms with van der Waals surface area (Å²) in [6.45, 7) is 1.08. The van der Waals surface area contributed by atoms with Crippen LogP contribution in [0.1, 0.15) is 77.4 Å². The number of rotatable bonds is 17. The van der Waals surface area contributed by atoms with Crippen LogP contribution in [0.4, 0.5) is 5.82 Å². The number of amides is 1.